The number of allylic oxidation sites excluding steroid dienone is 1. The zero-order valence-electron chi connectivity index (χ0n) is 6.08. The molecule has 11 heavy (non-hydrogen) atoms. The number of carbonyl (C=O) groups is 1. The largest absolute Gasteiger partial charge is 0.475 e. The van der Waals surface area contributed by atoms with Crippen molar-refractivity contribution in [1.82, 2.24) is 0 Å². The summed E-state index contributed by atoms with van der Waals surface area (Å²) in [5.41, 5.74) is 0.785. The summed E-state index contributed by atoms with van der Waals surface area (Å²) >= 11 is 0. The van der Waals surface area contributed by atoms with Gasteiger partial charge in [0.1, 0.15) is 0 Å². The highest BCUT2D eigenvalue weighted by Crippen LogP contribution is 2.22. The Labute approximate surface area is 65.2 Å². The van der Waals surface area contributed by atoms with Gasteiger partial charge in [-0.3, -0.25) is 4.85 Å². The van der Waals surface area contributed by atoms with Crippen LogP contribution in [-0.2, 0) is 4.79 Å². The predicted molar refractivity (Wildman–Crippen MR) is 40.0 cm³/mol. The molecule has 0 fully saturated rings. The molecular formula is C8H9NO2. The maximum Gasteiger partial charge on any atom is 0.392 e. The lowest BCUT2D eigenvalue weighted by Crippen LogP contribution is -2.17. The fraction of sp³-hybridized carbons (Fsp3) is 0.500. The highest BCUT2D eigenvalue weighted by atomic mass is 16.4. The van der Waals surface area contributed by atoms with Gasteiger partial charge in [-0.25, -0.2) is 11.4 Å². The van der Waals surface area contributed by atoms with E-state index >= 15 is 0 Å². The molecule has 1 unspecified atom stereocenters. The number of rotatable bonds is 2. The van der Waals surface area contributed by atoms with Crippen LogP contribution in [-0.4, -0.2) is 17.1 Å². The monoisotopic (exact) mass is 151 g/mol. The van der Waals surface area contributed by atoms with Crippen molar-refractivity contribution < 1.29 is 9.90 Å². The Morgan fingerprint density at radius 2 is 2.55 bits per heavy atom. The van der Waals surface area contributed by atoms with Crippen LogP contribution in [0.15, 0.2) is 11.6 Å². The molecule has 0 aromatic rings. The van der Waals surface area contributed by atoms with E-state index in [0.29, 0.717) is 0 Å². The highest BCUT2D eigenvalue weighted by molar-refractivity contribution is 5.79. The Morgan fingerprint density at radius 3 is 2.91 bits per heavy atom. The van der Waals surface area contributed by atoms with Gasteiger partial charge in [-0.2, -0.15) is 0 Å². The Hall–Kier alpha value is -1.30. The van der Waals surface area contributed by atoms with Crippen molar-refractivity contribution in [3.05, 3.63) is 23.1 Å². The van der Waals surface area contributed by atoms with E-state index in [-0.39, 0.29) is 0 Å². The quantitative estimate of drug-likeness (QED) is 0.479. The third-order valence-electron chi connectivity index (χ3n) is 1.79. The molecule has 3 nitrogen and oxygen atoms in total. The van der Waals surface area contributed by atoms with Crippen LogP contribution < -0.4 is 0 Å². The molecule has 0 bridgehead atoms. The highest BCUT2D eigenvalue weighted by Gasteiger charge is 2.28. The van der Waals surface area contributed by atoms with Gasteiger partial charge in [-0.15, -0.1) is 0 Å². The van der Waals surface area contributed by atoms with Crippen LogP contribution in [0.5, 0.6) is 0 Å². The van der Waals surface area contributed by atoms with Crippen molar-refractivity contribution >= 4 is 5.97 Å². The summed E-state index contributed by atoms with van der Waals surface area (Å²) in [7, 11) is 0. The Balaban J connectivity index is 2.71. The summed E-state index contributed by atoms with van der Waals surface area (Å²) in [5, 5.41) is 8.58. The molecule has 0 saturated carbocycles. The average molecular weight is 151 g/mol. The molecule has 1 rings (SSSR count). The van der Waals surface area contributed by atoms with Crippen molar-refractivity contribution in [1.29, 1.82) is 0 Å². The number of carboxylic acid groups (broad SMARTS) is 1. The minimum atomic E-state index is -1.02. The second kappa shape index (κ2) is 3.20. The van der Waals surface area contributed by atoms with Crippen LogP contribution in [0.2, 0.25) is 0 Å². The molecular weight excluding hydrogens is 142 g/mol. The number of aliphatic carboxylic acids is 1. The molecule has 3 heteroatoms. The number of carboxylic acids is 1. The topological polar surface area (TPSA) is 41.7 Å². The van der Waals surface area contributed by atoms with Crippen LogP contribution in [0.3, 0.4) is 0 Å². The van der Waals surface area contributed by atoms with Crippen molar-refractivity contribution in [3.8, 4) is 0 Å². The summed E-state index contributed by atoms with van der Waals surface area (Å²) in [6, 6.07) is -0.919. The van der Waals surface area contributed by atoms with E-state index in [4.69, 9.17) is 11.7 Å². The van der Waals surface area contributed by atoms with Gasteiger partial charge in [-0.05, 0) is 19.3 Å². The van der Waals surface area contributed by atoms with E-state index in [1.807, 2.05) is 6.08 Å². The van der Waals surface area contributed by atoms with Gasteiger partial charge in [0.2, 0.25) is 0 Å². The van der Waals surface area contributed by atoms with Crippen LogP contribution in [0, 0.1) is 6.57 Å². The Kier molecular flexibility index (Phi) is 2.27. The Morgan fingerprint density at radius 1 is 1.82 bits per heavy atom. The van der Waals surface area contributed by atoms with Crippen LogP contribution in [0.4, 0.5) is 0 Å². The lowest BCUT2D eigenvalue weighted by atomic mass is 10.1. The summed E-state index contributed by atoms with van der Waals surface area (Å²) < 4.78 is 0. The zero-order valence-corrected chi connectivity index (χ0v) is 6.08. The molecule has 0 aromatic heterocycles. The fourth-order valence-electron chi connectivity index (χ4n) is 1.24. The van der Waals surface area contributed by atoms with Gasteiger partial charge in [0, 0.05) is 5.57 Å². The molecule has 1 atom stereocenters. The zero-order chi connectivity index (χ0) is 8.27. The van der Waals surface area contributed by atoms with Gasteiger partial charge >= 0.3 is 12.0 Å². The average Bonchev–Trinajstić information content (AvgIpc) is 2.40. The molecule has 0 saturated heterocycles. The maximum atomic E-state index is 10.5. The summed E-state index contributed by atoms with van der Waals surface area (Å²) in [4.78, 5) is 13.5. The molecule has 1 aliphatic rings. The second-order valence-corrected chi connectivity index (χ2v) is 2.54. The summed E-state index contributed by atoms with van der Waals surface area (Å²) in [6.07, 6.45) is 4.57. The van der Waals surface area contributed by atoms with E-state index < -0.39 is 12.0 Å². The predicted octanol–water partition coefficient (Wildman–Crippen LogP) is 1.47. The third kappa shape index (κ3) is 1.58. The van der Waals surface area contributed by atoms with Crippen molar-refractivity contribution in [2.45, 2.75) is 25.3 Å². The first kappa shape index (κ1) is 7.80. The van der Waals surface area contributed by atoms with E-state index in [0.717, 1.165) is 24.8 Å². The molecule has 0 aromatic carbocycles. The maximum absolute atomic E-state index is 10.5. The molecule has 0 radical (unpaired) electrons. The van der Waals surface area contributed by atoms with Crippen LogP contribution >= 0.6 is 0 Å². The van der Waals surface area contributed by atoms with Gasteiger partial charge in [0.05, 0.1) is 0 Å². The first-order chi connectivity index (χ1) is 5.25. The van der Waals surface area contributed by atoms with E-state index in [1.165, 1.54) is 0 Å². The molecule has 0 amide bonds. The first-order valence-electron chi connectivity index (χ1n) is 3.54. The number of nitrogens with zero attached hydrogens (tertiary/aromatic N) is 1. The van der Waals surface area contributed by atoms with Gasteiger partial charge in [0.15, 0.2) is 0 Å². The van der Waals surface area contributed by atoms with Crippen LogP contribution in [0.1, 0.15) is 19.3 Å². The lowest BCUT2D eigenvalue weighted by molar-refractivity contribution is -0.136. The second-order valence-electron chi connectivity index (χ2n) is 2.54. The molecule has 58 valence electrons. The van der Waals surface area contributed by atoms with Gasteiger partial charge in [-0.1, -0.05) is 6.08 Å². The molecule has 1 N–H and O–H groups in total. The van der Waals surface area contributed by atoms with Gasteiger partial charge < -0.3 is 5.11 Å². The standard InChI is InChI=1S/C8H9NO2/c1-9-7(8(10)11)6-4-2-3-5-6/h4,7H,2-3,5H2,(H,10,11). The van der Waals surface area contributed by atoms with E-state index in [2.05, 4.69) is 4.85 Å². The van der Waals surface area contributed by atoms with E-state index in [1.54, 1.807) is 0 Å². The molecule has 0 heterocycles. The minimum Gasteiger partial charge on any atom is -0.475 e. The van der Waals surface area contributed by atoms with E-state index in [9.17, 15) is 4.79 Å². The van der Waals surface area contributed by atoms with Crippen molar-refractivity contribution in [2.75, 3.05) is 0 Å². The fourth-order valence-corrected chi connectivity index (χ4v) is 1.24. The normalized spacial score (nSPS) is 18.6. The Bertz CT molecular complexity index is 237. The molecule has 1 aliphatic carbocycles. The third-order valence-corrected chi connectivity index (χ3v) is 1.79. The number of hydrogen-bond donors (Lipinski definition) is 1. The van der Waals surface area contributed by atoms with Crippen molar-refractivity contribution in [2.24, 2.45) is 0 Å². The SMILES string of the molecule is [C-]#[N+]C(C(=O)O)C1=CCCC1. The lowest BCUT2D eigenvalue weighted by Gasteiger charge is -1.98. The van der Waals surface area contributed by atoms with Gasteiger partial charge in [0.25, 0.3) is 0 Å². The van der Waals surface area contributed by atoms with Crippen molar-refractivity contribution in [3.63, 3.8) is 0 Å². The molecule has 0 aliphatic heterocycles. The minimum absolute atomic E-state index is 0.777. The molecule has 0 spiro atoms. The van der Waals surface area contributed by atoms with Crippen LogP contribution in [0.25, 0.3) is 4.85 Å². The summed E-state index contributed by atoms with van der Waals surface area (Å²) in [6.45, 7) is 6.66. The smallest absolute Gasteiger partial charge is 0.392 e. The first-order valence-corrected chi connectivity index (χ1v) is 3.54. The summed E-state index contributed by atoms with van der Waals surface area (Å²) in [5.74, 6) is -1.02. The number of hydrogen-bond acceptors (Lipinski definition) is 1.